The maximum atomic E-state index is 12.5. The zero-order valence-corrected chi connectivity index (χ0v) is 13.1. The van der Waals surface area contributed by atoms with Gasteiger partial charge in [0.15, 0.2) is 0 Å². The van der Waals surface area contributed by atoms with Crippen molar-refractivity contribution in [2.75, 3.05) is 6.67 Å². The monoisotopic (exact) mass is 318 g/mol. The van der Waals surface area contributed by atoms with Crippen LogP contribution in [0.2, 0.25) is 0 Å². The minimum Gasteiger partial charge on any atom is -0.446 e. The summed E-state index contributed by atoms with van der Waals surface area (Å²) in [5, 5.41) is 2.57. The summed E-state index contributed by atoms with van der Waals surface area (Å²) in [6, 6.07) is 0. The highest BCUT2D eigenvalue weighted by atomic mass is 16.6. The van der Waals surface area contributed by atoms with Crippen LogP contribution in [0.15, 0.2) is 12.2 Å². The molecular formula is C17H22N2O4. The summed E-state index contributed by atoms with van der Waals surface area (Å²) in [4.78, 5) is 38.0. The smallest absolute Gasteiger partial charge is 0.408 e. The molecule has 0 aromatic rings. The molecule has 3 aliphatic carbocycles. The number of carbonyl (C=O) groups excluding carboxylic acids is 3. The number of nitrogens with zero attached hydrogens (tertiary/aromatic N) is 1. The summed E-state index contributed by atoms with van der Waals surface area (Å²) in [6.07, 6.45) is 9.62. The molecule has 23 heavy (non-hydrogen) atoms. The zero-order chi connectivity index (χ0) is 16.0. The second-order valence-corrected chi connectivity index (χ2v) is 7.10. The fraction of sp³-hybridized carbons (Fsp3) is 0.706. The second kappa shape index (κ2) is 5.65. The number of ether oxygens (including phenoxy) is 1. The van der Waals surface area contributed by atoms with Crippen LogP contribution in [0.1, 0.15) is 38.5 Å². The van der Waals surface area contributed by atoms with E-state index >= 15 is 0 Å². The maximum Gasteiger partial charge on any atom is 0.408 e. The van der Waals surface area contributed by atoms with E-state index < -0.39 is 6.09 Å². The Hall–Kier alpha value is -1.85. The van der Waals surface area contributed by atoms with Crippen LogP contribution in [0.4, 0.5) is 4.79 Å². The van der Waals surface area contributed by atoms with Crippen molar-refractivity contribution in [3.05, 3.63) is 12.2 Å². The molecule has 1 heterocycles. The van der Waals surface area contributed by atoms with Crippen molar-refractivity contribution in [3.63, 3.8) is 0 Å². The number of hydrogen-bond donors (Lipinski definition) is 1. The SMILES string of the molecule is O=C(NCN1C(=O)[C@H]2[C@H](C1=O)[C@H]1C=C[C@H]2C1)OC1CCCCC1. The maximum absolute atomic E-state index is 12.5. The van der Waals surface area contributed by atoms with E-state index in [0.717, 1.165) is 32.1 Å². The topological polar surface area (TPSA) is 75.7 Å². The van der Waals surface area contributed by atoms with E-state index in [1.54, 1.807) is 0 Å². The fourth-order valence-corrected chi connectivity index (χ4v) is 4.64. The van der Waals surface area contributed by atoms with E-state index in [2.05, 4.69) is 17.5 Å². The van der Waals surface area contributed by atoms with E-state index in [0.29, 0.717) is 0 Å². The number of carbonyl (C=O) groups is 3. The third-order valence-corrected chi connectivity index (χ3v) is 5.77. The Balaban J connectivity index is 1.32. The van der Waals surface area contributed by atoms with Crippen LogP contribution in [0, 0.1) is 23.7 Å². The molecule has 4 rings (SSSR count). The lowest BCUT2D eigenvalue weighted by molar-refractivity contribution is -0.140. The number of alkyl carbamates (subject to hydrolysis) is 1. The Morgan fingerprint density at radius 1 is 1.09 bits per heavy atom. The Bertz CT molecular complexity index is 537. The molecule has 3 amide bonds. The van der Waals surface area contributed by atoms with Crippen molar-refractivity contribution < 1.29 is 19.1 Å². The zero-order valence-electron chi connectivity index (χ0n) is 13.1. The van der Waals surface area contributed by atoms with Crippen LogP contribution in [0.5, 0.6) is 0 Å². The van der Waals surface area contributed by atoms with E-state index in [1.165, 1.54) is 11.3 Å². The van der Waals surface area contributed by atoms with Gasteiger partial charge in [-0.15, -0.1) is 0 Å². The Labute approximate surface area is 135 Å². The number of amides is 3. The summed E-state index contributed by atoms with van der Waals surface area (Å²) >= 11 is 0. The van der Waals surface area contributed by atoms with Gasteiger partial charge in [0.05, 0.1) is 11.8 Å². The van der Waals surface area contributed by atoms with Crippen molar-refractivity contribution >= 4 is 17.9 Å². The van der Waals surface area contributed by atoms with Crippen LogP contribution in [-0.2, 0) is 14.3 Å². The molecular weight excluding hydrogens is 296 g/mol. The standard InChI is InChI=1S/C17H22N2O4/c20-15-13-10-6-7-11(8-10)14(13)16(21)19(15)9-18-17(22)23-12-4-2-1-3-5-12/h6-7,10-14H,1-5,8-9H2,(H,18,22)/t10-,11-,13+,14+/m0/s1. The lowest BCUT2D eigenvalue weighted by atomic mass is 9.85. The van der Waals surface area contributed by atoms with Gasteiger partial charge in [-0.2, -0.15) is 0 Å². The Kier molecular flexibility index (Phi) is 3.62. The quantitative estimate of drug-likeness (QED) is 0.636. The molecule has 6 nitrogen and oxygen atoms in total. The molecule has 1 aliphatic heterocycles. The van der Waals surface area contributed by atoms with Gasteiger partial charge in [0.2, 0.25) is 11.8 Å². The molecule has 4 aliphatic rings. The molecule has 3 fully saturated rings. The predicted octanol–water partition coefficient (Wildman–Crippen LogP) is 1.81. The van der Waals surface area contributed by atoms with Crippen LogP contribution in [-0.4, -0.2) is 35.6 Å². The van der Waals surface area contributed by atoms with Crippen molar-refractivity contribution in [2.45, 2.75) is 44.6 Å². The van der Waals surface area contributed by atoms with Gasteiger partial charge in [-0.1, -0.05) is 18.6 Å². The number of imide groups is 1. The first-order valence-corrected chi connectivity index (χ1v) is 8.63. The molecule has 1 saturated heterocycles. The molecule has 0 spiro atoms. The van der Waals surface area contributed by atoms with E-state index in [-0.39, 0.29) is 48.3 Å². The van der Waals surface area contributed by atoms with Gasteiger partial charge >= 0.3 is 6.09 Å². The number of fused-ring (bicyclic) bond motifs is 5. The van der Waals surface area contributed by atoms with Crippen LogP contribution in [0.3, 0.4) is 0 Å². The molecule has 0 unspecified atom stereocenters. The average molecular weight is 318 g/mol. The van der Waals surface area contributed by atoms with Crippen LogP contribution < -0.4 is 5.32 Å². The lowest BCUT2D eigenvalue weighted by Crippen LogP contribution is -2.43. The number of hydrogen-bond acceptors (Lipinski definition) is 4. The van der Waals surface area contributed by atoms with Crippen LogP contribution >= 0.6 is 0 Å². The van der Waals surface area contributed by atoms with Crippen molar-refractivity contribution in [1.82, 2.24) is 10.2 Å². The third-order valence-electron chi connectivity index (χ3n) is 5.77. The minimum atomic E-state index is -0.532. The van der Waals surface area contributed by atoms with Gasteiger partial charge in [0, 0.05) is 0 Å². The number of likely N-dealkylation sites (tertiary alicyclic amines) is 1. The first kappa shape index (κ1) is 14.7. The van der Waals surface area contributed by atoms with E-state index in [1.807, 2.05) is 0 Å². The van der Waals surface area contributed by atoms with Crippen molar-refractivity contribution in [2.24, 2.45) is 23.7 Å². The normalized spacial score (nSPS) is 35.7. The van der Waals surface area contributed by atoms with Gasteiger partial charge in [-0.3, -0.25) is 14.5 Å². The predicted molar refractivity (Wildman–Crippen MR) is 80.9 cm³/mol. The highest BCUT2D eigenvalue weighted by Crippen LogP contribution is 2.52. The largest absolute Gasteiger partial charge is 0.446 e. The molecule has 0 aromatic carbocycles. The minimum absolute atomic E-state index is 0.0341. The molecule has 2 bridgehead atoms. The first-order valence-electron chi connectivity index (χ1n) is 8.63. The molecule has 2 saturated carbocycles. The molecule has 6 heteroatoms. The summed E-state index contributed by atoms with van der Waals surface area (Å²) in [5.74, 6) is -0.326. The second-order valence-electron chi connectivity index (χ2n) is 7.10. The summed E-state index contributed by atoms with van der Waals surface area (Å²) in [5.41, 5.74) is 0. The highest BCUT2D eigenvalue weighted by molar-refractivity contribution is 6.06. The van der Waals surface area contributed by atoms with Gasteiger partial charge in [0.25, 0.3) is 0 Å². The van der Waals surface area contributed by atoms with Gasteiger partial charge in [-0.05, 0) is 43.9 Å². The Morgan fingerprint density at radius 2 is 1.70 bits per heavy atom. The number of allylic oxidation sites excluding steroid dienone is 2. The lowest BCUT2D eigenvalue weighted by Gasteiger charge is -2.23. The average Bonchev–Trinajstić information content (AvgIpc) is 3.22. The Morgan fingerprint density at radius 3 is 2.30 bits per heavy atom. The number of rotatable bonds is 3. The molecule has 1 N–H and O–H groups in total. The third kappa shape index (κ3) is 2.44. The highest BCUT2D eigenvalue weighted by Gasteiger charge is 2.59. The summed E-state index contributed by atoms with van der Waals surface area (Å²) < 4.78 is 5.36. The van der Waals surface area contributed by atoms with Gasteiger partial charge in [-0.25, -0.2) is 4.79 Å². The molecule has 0 aromatic heterocycles. The van der Waals surface area contributed by atoms with Crippen molar-refractivity contribution in [3.8, 4) is 0 Å². The number of nitrogens with one attached hydrogen (secondary N) is 1. The summed E-state index contributed by atoms with van der Waals surface area (Å²) in [7, 11) is 0. The molecule has 0 radical (unpaired) electrons. The first-order chi connectivity index (χ1) is 11.1. The fourth-order valence-electron chi connectivity index (χ4n) is 4.64. The molecule has 124 valence electrons. The van der Waals surface area contributed by atoms with E-state index in [9.17, 15) is 14.4 Å². The molecule has 4 atom stereocenters. The summed E-state index contributed by atoms with van der Waals surface area (Å²) in [6.45, 7) is -0.0738. The van der Waals surface area contributed by atoms with Gasteiger partial charge < -0.3 is 10.1 Å². The van der Waals surface area contributed by atoms with Crippen molar-refractivity contribution in [1.29, 1.82) is 0 Å². The van der Waals surface area contributed by atoms with Gasteiger partial charge in [0.1, 0.15) is 12.8 Å². The van der Waals surface area contributed by atoms with Crippen LogP contribution in [0.25, 0.3) is 0 Å². The van der Waals surface area contributed by atoms with E-state index in [4.69, 9.17) is 4.74 Å².